The Bertz CT molecular complexity index is 698. The number of aromatic amines is 1. The molecule has 0 aliphatic rings. The Morgan fingerprint density at radius 1 is 1.55 bits per heavy atom. The third kappa shape index (κ3) is 3.29. The average molecular weight is 308 g/mol. The molecule has 1 heterocycles. The number of benzene rings is 1. The van der Waals surface area contributed by atoms with Crippen LogP contribution in [0.1, 0.15) is 12.5 Å². The largest absolute Gasteiger partial charge is 0.369 e. The van der Waals surface area contributed by atoms with Gasteiger partial charge in [0.05, 0.1) is 10.9 Å². The van der Waals surface area contributed by atoms with E-state index in [2.05, 4.69) is 16.9 Å². The monoisotopic (exact) mass is 308 g/mol. The Morgan fingerprint density at radius 2 is 2.30 bits per heavy atom. The molecular formula is C13H16N4OS2. The Labute approximate surface area is 126 Å². The summed E-state index contributed by atoms with van der Waals surface area (Å²) in [5, 5.41) is 0.541. The maximum absolute atomic E-state index is 11.9. The van der Waals surface area contributed by atoms with Crippen LogP contribution in [0.5, 0.6) is 0 Å². The maximum Gasteiger partial charge on any atom is 0.260 e. The number of nitrogens with zero attached hydrogens (tertiary/aromatic N) is 2. The molecule has 20 heavy (non-hydrogen) atoms. The third-order valence-electron chi connectivity index (χ3n) is 2.79. The number of hydrogen-bond acceptors (Lipinski definition) is 5. The minimum absolute atomic E-state index is 0.132. The van der Waals surface area contributed by atoms with Crippen molar-refractivity contribution in [2.45, 2.75) is 13.5 Å². The Morgan fingerprint density at radius 3 is 3.00 bits per heavy atom. The van der Waals surface area contributed by atoms with E-state index >= 15 is 0 Å². The lowest BCUT2D eigenvalue weighted by Crippen LogP contribution is -2.22. The van der Waals surface area contributed by atoms with Gasteiger partial charge in [0.1, 0.15) is 4.32 Å². The molecule has 0 aliphatic carbocycles. The second-order valence-electron chi connectivity index (χ2n) is 4.36. The number of nitrogens with one attached hydrogen (secondary N) is 1. The van der Waals surface area contributed by atoms with Gasteiger partial charge in [0, 0.05) is 13.6 Å². The lowest BCUT2D eigenvalue weighted by Gasteiger charge is -2.19. The summed E-state index contributed by atoms with van der Waals surface area (Å²) in [6, 6.07) is 5.57. The van der Waals surface area contributed by atoms with E-state index in [0.717, 1.165) is 15.6 Å². The molecule has 0 amide bonds. The van der Waals surface area contributed by atoms with Gasteiger partial charge in [-0.1, -0.05) is 37.0 Å². The van der Waals surface area contributed by atoms with Gasteiger partial charge < -0.3 is 10.6 Å². The number of nitrogens with two attached hydrogens (primary N) is 1. The van der Waals surface area contributed by atoms with E-state index in [4.69, 9.17) is 18.0 Å². The standard InChI is InChI=1S/C13H16N4OS2/c1-3-20-13(19)17(2)7-8-4-5-10-9(6-8)11(18)16-12(14)15-10/h4-6H,3,7H2,1-2H3,(H3,14,15,16,18). The van der Waals surface area contributed by atoms with Gasteiger partial charge in [0.2, 0.25) is 5.95 Å². The number of hydrogen-bond donors (Lipinski definition) is 2. The van der Waals surface area contributed by atoms with E-state index < -0.39 is 0 Å². The lowest BCUT2D eigenvalue weighted by atomic mass is 10.1. The molecule has 0 saturated carbocycles. The molecule has 0 unspecified atom stereocenters. The molecule has 0 saturated heterocycles. The van der Waals surface area contributed by atoms with Crippen LogP contribution in [-0.2, 0) is 6.54 Å². The van der Waals surface area contributed by atoms with E-state index in [1.807, 2.05) is 24.1 Å². The predicted molar refractivity (Wildman–Crippen MR) is 89.0 cm³/mol. The van der Waals surface area contributed by atoms with Crippen LogP contribution >= 0.6 is 24.0 Å². The molecular weight excluding hydrogens is 292 g/mol. The molecule has 0 radical (unpaired) electrons. The Hall–Kier alpha value is -1.60. The van der Waals surface area contributed by atoms with Gasteiger partial charge in [-0.05, 0) is 23.4 Å². The summed E-state index contributed by atoms with van der Waals surface area (Å²) in [7, 11) is 1.95. The quantitative estimate of drug-likeness (QED) is 0.845. The smallest absolute Gasteiger partial charge is 0.260 e. The zero-order valence-electron chi connectivity index (χ0n) is 11.3. The molecule has 0 spiro atoms. The average Bonchev–Trinajstić information content (AvgIpc) is 2.39. The van der Waals surface area contributed by atoms with Gasteiger partial charge in [-0.2, -0.15) is 0 Å². The summed E-state index contributed by atoms with van der Waals surface area (Å²) >= 11 is 6.93. The predicted octanol–water partition coefficient (Wildman–Crippen LogP) is 1.98. The SMILES string of the molecule is CCSC(=S)N(C)Cc1ccc2nc(N)[nH]c(=O)c2c1. The van der Waals surface area contributed by atoms with E-state index in [0.29, 0.717) is 17.4 Å². The lowest BCUT2D eigenvalue weighted by molar-refractivity contribution is 0.519. The molecule has 1 aromatic carbocycles. The minimum atomic E-state index is -0.220. The van der Waals surface area contributed by atoms with Crippen molar-refractivity contribution in [1.29, 1.82) is 0 Å². The van der Waals surface area contributed by atoms with Crippen molar-refractivity contribution >= 4 is 45.2 Å². The number of anilines is 1. The van der Waals surface area contributed by atoms with Gasteiger partial charge in [-0.25, -0.2) is 4.98 Å². The van der Waals surface area contributed by atoms with Gasteiger partial charge in [-0.15, -0.1) is 0 Å². The second-order valence-corrected chi connectivity index (χ2v) is 6.26. The highest BCUT2D eigenvalue weighted by molar-refractivity contribution is 8.22. The van der Waals surface area contributed by atoms with Crippen molar-refractivity contribution in [3.63, 3.8) is 0 Å². The first-order chi connectivity index (χ1) is 9.51. The zero-order valence-corrected chi connectivity index (χ0v) is 13.0. The topological polar surface area (TPSA) is 75.0 Å². The second kappa shape index (κ2) is 6.23. The molecule has 5 nitrogen and oxygen atoms in total. The Kier molecular flexibility index (Phi) is 4.61. The van der Waals surface area contributed by atoms with Crippen molar-refractivity contribution in [3.05, 3.63) is 34.1 Å². The van der Waals surface area contributed by atoms with Gasteiger partial charge in [-0.3, -0.25) is 9.78 Å². The van der Waals surface area contributed by atoms with Crippen molar-refractivity contribution in [2.24, 2.45) is 0 Å². The summed E-state index contributed by atoms with van der Waals surface area (Å²) in [6.07, 6.45) is 0. The molecule has 0 fully saturated rings. The number of rotatable bonds is 3. The molecule has 1 aromatic heterocycles. The molecule has 0 bridgehead atoms. The van der Waals surface area contributed by atoms with Crippen molar-refractivity contribution in [1.82, 2.24) is 14.9 Å². The van der Waals surface area contributed by atoms with Crippen LogP contribution in [0.15, 0.2) is 23.0 Å². The molecule has 106 valence electrons. The highest BCUT2D eigenvalue weighted by Gasteiger charge is 2.07. The van der Waals surface area contributed by atoms with Gasteiger partial charge in [0.15, 0.2) is 0 Å². The van der Waals surface area contributed by atoms with Crippen LogP contribution < -0.4 is 11.3 Å². The number of thioether (sulfide) groups is 1. The van der Waals surface area contributed by atoms with E-state index in [1.165, 1.54) is 0 Å². The molecule has 0 atom stereocenters. The first kappa shape index (κ1) is 14.8. The molecule has 0 aliphatic heterocycles. The van der Waals surface area contributed by atoms with E-state index in [-0.39, 0.29) is 11.5 Å². The number of nitrogen functional groups attached to an aromatic ring is 1. The molecule has 3 N–H and O–H groups in total. The maximum atomic E-state index is 11.9. The zero-order chi connectivity index (χ0) is 14.7. The fourth-order valence-electron chi connectivity index (χ4n) is 1.87. The van der Waals surface area contributed by atoms with Crippen LogP contribution in [0.4, 0.5) is 5.95 Å². The number of thiocarbonyl (C=S) groups is 1. The number of fused-ring (bicyclic) bond motifs is 1. The van der Waals surface area contributed by atoms with Crippen LogP contribution in [0.25, 0.3) is 10.9 Å². The van der Waals surface area contributed by atoms with Crippen LogP contribution in [0.3, 0.4) is 0 Å². The highest BCUT2D eigenvalue weighted by atomic mass is 32.2. The summed E-state index contributed by atoms with van der Waals surface area (Å²) in [4.78, 5) is 20.4. The van der Waals surface area contributed by atoms with Crippen molar-refractivity contribution in [2.75, 3.05) is 18.5 Å². The summed E-state index contributed by atoms with van der Waals surface area (Å²) in [5.74, 6) is 1.08. The van der Waals surface area contributed by atoms with E-state index in [1.54, 1.807) is 17.8 Å². The highest BCUT2D eigenvalue weighted by Crippen LogP contribution is 2.15. The van der Waals surface area contributed by atoms with E-state index in [9.17, 15) is 4.79 Å². The van der Waals surface area contributed by atoms with Gasteiger partial charge in [0.25, 0.3) is 5.56 Å². The summed E-state index contributed by atoms with van der Waals surface area (Å²) < 4.78 is 0.844. The van der Waals surface area contributed by atoms with Crippen LogP contribution in [0, 0.1) is 0 Å². The van der Waals surface area contributed by atoms with Crippen molar-refractivity contribution < 1.29 is 0 Å². The van der Waals surface area contributed by atoms with Crippen LogP contribution in [0.2, 0.25) is 0 Å². The third-order valence-corrected chi connectivity index (χ3v) is 4.30. The number of aromatic nitrogens is 2. The molecule has 2 rings (SSSR count). The summed E-state index contributed by atoms with van der Waals surface area (Å²) in [6.45, 7) is 2.72. The fraction of sp³-hybridized carbons (Fsp3) is 0.308. The fourth-order valence-corrected chi connectivity index (χ4v) is 2.82. The normalized spacial score (nSPS) is 10.7. The first-order valence-corrected chi connectivity index (χ1v) is 7.57. The summed E-state index contributed by atoms with van der Waals surface area (Å²) in [5.41, 5.74) is 6.91. The first-order valence-electron chi connectivity index (χ1n) is 6.17. The molecule has 7 heteroatoms. The Balaban J connectivity index is 2.28. The minimum Gasteiger partial charge on any atom is -0.369 e. The molecule has 2 aromatic rings. The van der Waals surface area contributed by atoms with Gasteiger partial charge >= 0.3 is 0 Å². The van der Waals surface area contributed by atoms with Crippen LogP contribution in [-0.4, -0.2) is 32.0 Å². The number of H-pyrrole nitrogens is 1. The van der Waals surface area contributed by atoms with Crippen molar-refractivity contribution in [3.8, 4) is 0 Å².